The zero-order chi connectivity index (χ0) is 10.4. The van der Waals surface area contributed by atoms with Crippen LogP contribution >= 0.6 is 0 Å². The lowest BCUT2D eigenvalue weighted by atomic mass is 9.80. The standard InChI is InChI=1S/C10H19NO3/c1-3-14-9(12)7-11-8-10(13-2)5-4-6-10/h11H,3-8H2,1-2H3. The van der Waals surface area contributed by atoms with Crippen molar-refractivity contribution in [3.05, 3.63) is 0 Å². The third kappa shape index (κ3) is 2.96. The number of hydrogen-bond acceptors (Lipinski definition) is 4. The van der Waals surface area contributed by atoms with Crippen molar-refractivity contribution in [2.24, 2.45) is 0 Å². The Labute approximate surface area is 85.0 Å². The Balaban J connectivity index is 2.11. The first-order valence-corrected chi connectivity index (χ1v) is 5.14. The van der Waals surface area contributed by atoms with Crippen molar-refractivity contribution < 1.29 is 14.3 Å². The number of nitrogens with one attached hydrogen (secondary N) is 1. The number of methoxy groups -OCH3 is 1. The van der Waals surface area contributed by atoms with Gasteiger partial charge in [-0.3, -0.25) is 4.79 Å². The second-order valence-electron chi connectivity index (χ2n) is 3.65. The number of rotatable bonds is 6. The molecule has 1 aliphatic carbocycles. The van der Waals surface area contributed by atoms with Gasteiger partial charge < -0.3 is 14.8 Å². The molecule has 14 heavy (non-hydrogen) atoms. The van der Waals surface area contributed by atoms with Crippen LogP contribution in [0.15, 0.2) is 0 Å². The molecule has 0 unspecified atom stereocenters. The molecule has 4 nitrogen and oxygen atoms in total. The lowest BCUT2D eigenvalue weighted by Gasteiger charge is -2.40. The van der Waals surface area contributed by atoms with Gasteiger partial charge in [-0.2, -0.15) is 0 Å². The van der Waals surface area contributed by atoms with Crippen LogP contribution in [-0.2, 0) is 14.3 Å². The van der Waals surface area contributed by atoms with E-state index in [9.17, 15) is 4.79 Å². The summed E-state index contributed by atoms with van der Waals surface area (Å²) in [5, 5.41) is 3.06. The fraction of sp³-hybridized carbons (Fsp3) is 0.900. The van der Waals surface area contributed by atoms with Crippen LogP contribution in [0.3, 0.4) is 0 Å². The Morgan fingerprint density at radius 3 is 2.64 bits per heavy atom. The lowest BCUT2D eigenvalue weighted by Crippen LogP contribution is -2.49. The number of carbonyl (C=O) groups is 1. The molecule has 0 aromatic carbocycles. The number of esters is 1. The van der Waals surface area contributed by atoms with E-state index in [-0.39, 0.29) is 18.1 Å². The largest absolute Gasteiger partial charge is 0.465 e. The van der Waals surface area contributed by atoms with Gasteiger partial charge in [0, 0.05) is 13.7 Å². The van der Waals surface area contributed by atoms with E-state index in [1.54, 1.807) is 14.0 Å². The molecule has 1 aliphatic rings. The third-order valence-electron chi connectivity index (χ3n) is 2.72. The molecule has 0 heterocycles. The summed E-state index contributed by atoms with van der Waals surface area (Å²) in [6.07, 6.45) is 3.38. The number of ether oxygens (including phenoxy) is 2. The normalized spacial score (nSPS) is 18.7. The van der Waals surface area contributed by atoms with E-state index in [4.69, 9.17) is 9.47 Å². The Hall–Kier alpha value is -0.610. The molecule has 1 fully saturated rings. The minimum Gasteiger partial charge on any atom is -0.465 e. The van der Waals surface area contributed by atoms with Gasteiger partial charge in [-0.1, -0.05) is 0 Å². The molecule has 0 aliphatic heterocycles. The SMILES string of the molecule is CCOC(=O)CNCC1(OC)CCC1. The number of carbonyl (C=O) groups excluding carboxylic acids is 1. The smallest absolute Gasteiger partial charge is 0.319 e. The van der Waals surface area contributed by atoms with Crippen LogP contribution in [0.25, 0.3) is 0 Å². The molecule has 0 atom stereocenters. The maximum absolute atomic E-state index is 11.0. The Morgan fingerprint density at radius 2 is 2.21 bits per heavy atom. The summed E-state index contributed by atoms with van der Waals surface area (Å²) < 4.78 is 10.2. The number of hydrogen-bond donors (Lipinski definition) is 1. The Kier molecular flexibility index (Phi) is 4.35. The molecular formula is C10H19NO3. The molecule has 0 aromatic rings. The lowest BCUT2D eigenvalue weighted by molar-refractivity contribution is -0.142. The summed E-state index contributed by atoms with van der Waals surface area (Å²) in [5.74, 6) is -0.196. The summed E-state index contributed by atoms with van der Waals surface area (Å²) in [5.41, 5.74) is -0.0213. The zero-order valence-electron chi connectivity index (χ0n) is 8.97. The molecule has 0 amide bonds. The molecule has 1 saturated carbocycles. The Morgan fingerprint density at radius 1 is 1.50 bits per heavy atom. The van der Waals surface area contributed by atoms with E-state index in [0.717, 1.165) is 19.4 Å². The van der Waals surface area contributed by atoms with E-state index in [2.05, 4.69) is 5.32 Å². The highest BCUT2D eigenvalue weighted by Gasteiger charge is 2.36. The van der Waals surface area contributed by atoms with Crippen LogP contribution in [0.2, 0.25) is 0 Å². The summed E-state index contributed by atoms with van der Waals surface area (Å²) in [7, 11) is 1.73. The highest BCUT2D eigenvalue weighted by atomic mass is 16.5. The minimum atomic E-state index is -0.196. The van der Waals surface area contributed by atoms with Gasteiger partial charge in [-0.25, -0.2) is 0 Å². The molecular weight excluding hydrogens is 182 g/mol. The van der Waals surface area contributed by atoms with Crippen molar-refractivity contribution in [3.63, 3.8) is 0 Å². The first-order chi connectivity index (χ1) is 6.72. The molecule has 82 valence electrons. The maximum Gasteiger partial charge on any atom is 0.319 e. The summed E-state index contributed by atoms with van der Waals surface area (Å²) in [4.78, 5) is 11.0. The summed E-state index contributed by atoms with van der Waals surface area (Å²) >= 11 is 0. The highest BCUT2D eigenvalue weighted by molar-refractivity contribution is 5.71. The maximum atomic E-state index is 11.0. The molecule has 1 N–H and O–H groups in total. The second kappa shape index (κ2) is 5.32. The van der Waals surface area contributed by atoms with Crippen LogP contribution in [-0.4, -0.2) is 38.4 Å². The van der Waals surface area contributed by atoms with E-state index >= 15 is 0 Å². The van der Waals surface area contributed by atoms with Crippen LogP contribution in [0.4, 0.5) is 0 Å². The average molecular weight is 201 g/mol. The van der Waals surface area contributed by atoms with E-state index < -0.39 is 0 Å². The zero-order valence-corrected chi connectivity index (χ0v) is 8.97. The van der Waals surface area contributed by atoms with Crippen molar-refractivity contribution in [1.82, 2.24) is 5.32 Å². The predicted molar refractivity (Wildman–Crippen MR) is 53.1 cm³/mol. The first-order valence-electron chi connectivity index (χ1n) is 5.14. The van der Waals surface area contributed by atoms with Crippen molar-refractivity contribution >= 4 is 5.97 Å². The van der Waals surface area contributed by atoms with Gasteiger partial charge in [0.25, 0.3) is 0 Å². The van der Waals surface area contributed by atoms with Gasteiger partial charge in [0.1, 0.15) is 0 Å². The highest BCUT2D eigenvalue weighted by Crippen LogP contribution is 2.34. The monoisotopic (exact) mass is 201 g/mol. The van der Waals surface area contributed by atoms with Crippen molar-refractivity contribution in [2.45, 2.75) is 31.8 Å². The molecule has 0 saturated heterocycles. The molecule has 0 radical (unpaired) electrons. The quantitative estimate of drug-likeness (QED) is 0.643. The van der Waals surface area contributed by atoms with Crippen molar-refractivity contribution in [3.8, 4) is 0 Å². The molecule has 0 aromatic heterocycles. The average Bonchev–Trinajstić information content (AvgIpc) is 2.10. The van der Waals surface area contributed by atoms with Crippen LogP contribution in [0, 0.1) is 0 Å². The fourth-order valence-corrected chi connectivity index (χ4v) is 1.63. The van der Waals surface area contributed by atoms with Crippen LogP contribution in [0.1, 0.15) is 26.2 Å². The molecule has 1 rings (SSSR count). The van der Waals surface area contributed by atoms with Crippen LogP contribution < -0.4 is 5.32 Å². The van der Waals surface area contributed by atoms with E-state index in [1.165, 1.54) is 6.42 Å². The topological polar surface area (TPSA) is 47.6 Å². The third-order valence-corrected chi connectivity index (χ3v) is 2.72. The minimum absolute atomic E-state index is 0.0213. The molecule has 4 heteroatoms. The fourth-order valence-electron chi connectivity index (χ4n) is 1.63. The molecule has 0 bridgehead atoms. The van der Waals surface area contributed by atoms with Gasteiger partial charge in [0.2, 0.25) is 0 Å². The van der Waals surface area contributed by atoms with Crippen LogP contribution in [0.5, 0.6) is 0 Å². The van der Waals surface area contributed by atoms with Crippen molar-refractivity contribution in [2.75, 3.05) is 26.8 Å². The molecule has 0 spiro atoms. The summed E-state index contributed by atoms with van der Waals surface area (Å²) in [6, 6.07) is 0. The van der Waals surface area contributed by atoms with Gasteiger partial charge in [-0.15, -0.1) is 0 Å². The second-order valence-corrected chi connectivity index (χ2v) is 3.65. The van der Waals surface area contributed by atoms with E-state index in [0.29, 0.717) is 6.61 Å². The van der Waals surface area contributed by atoms with Gasteiger partial charge >= 0.3 is 5.97 Å². The van der Waals surface area contributed by atoms with Gasteiger partial charge in [0.15, 0.2) is 0 Å². The van der Waals surface area contributed by atoms with Crippen molar-refractivity contribution in [1.29, 1.82) is 0 Å². The first kappa shape index (κ1) is 11.5. The van der Waals surface area contributed by atoms with Gasteiger partial charge in [-0.05, 0) is 26.2 Å². The Bertz CT molecular complexity index is 184. The summed E-state index contributed by atoms with van der Waals surface area (Å²) in [6.45, 7) is 3.26. The van der Waals surface area contributed by atoms with Gasteiger partial charge in [0.05, 0.1) is 18.8 Å². The van der Waals surface area contributed by atoms with E-state index in [1.807, 2.05) is 0 Å². The predicted octanol–water partition coefficient (Wildman–Crippen LogP) is 0.708.